The molecule has 0 aliphatic rings. The third-order valence-corrected chi connectivity index (χ3v) is 3.53. The third kappa shape index (κ3) is 7.77. The molecule has 3 N–H and O–H groups in total. The van der Waals surface area contributed by atoms with E-state index in [2.05, 4.69) is 36.4 Å². The zero-order valence-electron chi connectivity index (χ0n) is 14.9. The van der Waals surface area contributed by atoms with Crippen molar-refractivity contribution < 1.29 is 9.84 Å². The van der Waals surface area contributed by atoms with Gasteiger partial charge in [-0.2, -0.15) is 0 Å². The zero-order chi connectivity index (χ0) is 17.1. The van der Waals surface area contributed by atoms with Gasteiger partial charge in [0.1, 0.15) is 11.5 Å². The van der Waals surface area contributed by atoms with Crippen LogP contribution in [0.25, 0.3) is 0 Å². The summed E-state index contributed by atoms with van der Waals surface area (Å²) >= 11 is 0. The lowest BCUT2D eigenvalue weighted by Gasteiger charge is -2.12. The van der Waals surface area contributed by atoms with Crippen LogP contribution < -0.4 is 15.4 Å². The van der Waals surface area contributed by atoms with E-state index in [0.717, 1.165) is 49.9 Å². The van der Waals surface area contributed by atoms with Gasteiger partial charge in [0.05, 0.1) is 7.11 Å². The highest BCUT2D eigenvalue weighted by atomic mass is 16.5. The van der Waals surface area contributed by atoms with Crippen molar-refractivity contribution in [2.75, 3.05) is 26.7 Å². The van der Waals surface area contributed by atoms with Crippen molar-refractivity contribution in [2.45, 2.75) is 40.0 Å². The Morgan fingerprint density at radius 3 is 2.70 bits per heavy atom. The van der Waals surface area contributed by atoms with E-state index in [-0.39, 0.29) is 5.75 Å². The molecule has 23 heavy (non-hydrogen) atoms. The summed E-state index contributed by atoms with van der Waals surface area (Å²) in [7, 11) is 1.59. The van der Waals surface area contributed by atoms with Gasteiger partial charge in [-0.3, -0.25) is 4.99 Å². The molecule has 0 saturated heterocycles. The van der Waals surface area contributed by atoms with Crippen LogP contribution >= 0.6 is 0 Å². The molecule has 0 unspecified atom stereocenters. The van der Waals surface area contributed by atoms with Crippen LogP contribution in [0.3, 0.4) is 0 Å². The lowest BCUT2D eigenvalue weighted by molar-refractivity contribution is 0.406. The van der Waals surface area contributed by atoms with Crippen LogP contribution in [0.2, 0.25) is 0 Å². The minimum atomic E-state index is 0.269. The highest BCUT2D eigenvalue weighted by Gasteiger charge is 2.04. The number of benzene rings is 1. The van der Waals surface area contributed by atoms with Crippen molar-refractivity contribution in [1.82, 2.24) is 10.6 Å². The average Bonchev–Trinajstić information content (AvgIpc) is 2.52. The minimum Gasteiger partial charge on any atom is -0.508 e. The van der Waals surface area contributed by atoms with Crippen LogP contribution in [0.1, 0.15) is 39.2 Å². The number of guanidine groups is 1. The molecule has 130 valence electrons. The number of ether oxygens (including phenoxy) is 1. The molecule has 0 radical (unpaired) electrons. The van der Waals surface area contributed by atoms with Crippen LogP contribution in [-0.4, -0.2) is 37.8 Å². The normalized spacial score (nSPS) is 11.6. The van der Waals surface area contributed by atoms with Gasteiger partial charge in [-0.25, -0.2) is 0 Å². The number of aliphatic imine (C=N–C) groups is 1. The van der Waals surface area contributed by atoms with E-state index in [0.29, 0.717) is 5.75 Å². The predicted octanol–water partition coefficient (Wildman–Crippen LogP) is 2.93. The van der Waals surface area contributed by atoms with Gasteiger partial charge in [0.25, 0.3) is 0 Å². The summed E-state index contributed by atoms with van der Waals surface area (Å²) in [5.74, 6) is 2.49. The van der Waals surface area contributed by atoms with Crippen LogP contribution in [-0.2, 0) is 6.42 Å². The molecule has 5 heteroatoms. The smallest absolute Gasteiger partial charge is 0.191 e. The number of methoxy groups -OCH3 is 1. The number of hydrogen-bond acceptors (Lipinski definition) is 3. The largest absolute Gasteiger partial charge is 0.508 e. The average molecular weight is 321 g/mol. The van der Waals surface area contributed by atoms with Crippen LogP contribution in [0, 0.1) is 5.92 Å². The maximum atomic E-state index is 9.96. The van der Waals surface area contributed by atoms with Crippen molar-refractivity contribution in [2.24, 2.45) is 10.9 Å². The van der Waals surface area contributed by atoms with E-state index in [4.69, 9.17) is 4.74 Å². The summed E-state index contributed by atoms with van der Waals surface area (Å²) in [6.45, 7) is 8.91. The first kappa shape index (κ1) is 19.1. The Morgan fingerprint density at radius 1 is 1.30 bits per heavy atom. The fourth-order valence-corrected chi connectivity index (χ4v) is 2.23. The van der Waals surface area contributed by atoms with Crippen molar-refractivity contribution in [3.63, 3.8) is 0 Å². The van der Waals surface area contributed by atoms with Crippen LogP contribution in [0.15, 0.2) is 23.2 Å². The summed E-state index contributed by atoms with van der Waals surface area (Å²) in [5.41, 5.74) is 0.897. The molecule has 1 rings (SSSR count). The molecule has 0 fully saturated rings. The fourth-order valence-electron chi connectivity index (χ4n) is 2.23. The van der Waals surface area contributed by atoms with Crippen molar-refractivity contribution in [3.8, 4) is 11.5 Å². The predicted molar refractivity (Wildman–Crippen MR) is 96.4 cm³/mol. The minimum absolute atomic E-state index is 0.269. The lowest BCUT2D eigenvalue weighted by atomic mass is 10.1. The summed E-state index contributed by atoms with van der Waals surface area (Å²) in [6.07, 6.45) is 3.03. The zero-order valence-corrected chi connectivity index (χ0v) is 14.9. The van der Waals surface area contributed by atoms with E-state index >= 15 is 0 Å². The first-order chi connectivity index (χ1) is 11.1. The molecule has 0 amide bonds. The van der Waals surface area contributed by atoms with Gasteiger partial charge in [0, 0.05) is 25.7 Å². The van der Waals surface area contributed by atoms with Gasteiger partial charge < -0.3 is 20.5 Å². The molecule has 0 atom stereocenters. The molecule has 5 nitrogen and oxygen atoms in total. The number of nitrogens with one attached hydrogen (secondary N) is 2. The van der Waals surface area contributed by atoms with Gasteiger partial charge in [-0.1, -0.05) is 19.9 Å². The molecule has 0 aromatic heterocycles. The van der Waals surface area contributed by atoms with Crippen molar-refractivity contribution in [1.29, 1.82) is 0 Å². The standard InChI is InChI=1S/C18H31N3O2/c1-5-19-18(20-11-6-7-14(2)3)21-12-10-15-8-9-16(23-4)13-17(15)22/h8-9,13-14,22H,5-7,10-12H2,1-4H3,(H2,19,20,21). The highest BCUT2D eigenvalue weighted by Crippen LogP contribution is 2.23. The molecule has 0 heterocycles. The Hall–Kier alpha value is -1.91. The second-order valence-corrected chi connectivity index (χ2v) is 5.97. The van der Waals surface area contributed by atoms with E-state index in [1.165, 1.54) is 6.42 Å². The molecule has 0 saturated carbocycles. The van der Waals surface area contributed by atoms with Gasteiger partial charge in [0.15, 0.2) is 5.96 Å². The van der Waals surface area contributed by atoms with Gasteiger partial charge in [0.2, 0.25) is 0 Å². The Labute approximate surface area is 140 Å². The quantitative estimate of drug-likeness (QED) is 0.372. The van der Waals surface area contributed by atoms with Crippen LogP contribution in [0.5, 0.6) is 11.5 Å². The molecule has 0 aliphatic carbocycles. The Balaban J connectivity index is 2.44. The highest BCUT2D eigenvalue weighted by molar-refractivity contribution is 5.79. The molecule has 0 spiro atoms. The maximum absolute atomic E-state index is 9.96. The number of rotatable bonds is 9. The summed E-state index contributed by atoms with van der Waals surface area (Å²) in [4.78, 5) is 4.58. The molecular weight excluding hydrogens is 290 g/mol. The summed E-state index contributed by atoms with van der Waals surface area (Å²) in [5, 5.41) is 16.5. The van der Waals surface area contributed by atoms with Crippen molar-refractivity contribution in [3.05, 3.63) is 23.8 Å². The first-order valence-electron chi connectivity index (χ1n) is 8.44. The summed E-state index contributed by atoms with van der Waals surface area (Å²) < 4.78 is 5.09. The maximum Gasteiger partial charge on any atom is 0.191 e. The monoisotopic (exact) mass is 321 g/mol. The molecule has 0 bridgehead atoms. The molecular formula is C18H31N3O2. The number of nitrogens with zero attached hydrogens (tertiary/aromatic N) is 1. The van der Waals surface area contributed by atoms with Gasteiger partial charge >= 0.3 is 0 Å². The van der Waals surface area contributed by atoms with Gasteiger partial charge in [-0.15, -0.1) is 0 Å². The topological polar surface area (TPSA) is 65.9 Å². The Morgan fingerprint density at radius 2 is 2.09 bits per heavy atom. The van der Waals surface area contributed by atoms with Crippen molar-refractivity contribution >= 4 is 5.96 Å². The van der Waals surface area contributed by atoms with E-state index in [1.807, 2.05) is 12.1 Å². The number of phenolic OH excluding ortho intramolecular Hbond substituents is 1. The van der Waals surface area contributed by atoms with Crippen LogP contribution in [0.4, 0.5) is 0 Å². The van der Waals surface area contributed by atoms with Gasteiger partial charge in [-0.05, 0) is 43.7 Å². The number of aromatic hydroxyl groups is 1. The van der Waals surface area contributed by atoms with E-state index in [9.17, 15) is 5.11 Å². The second-order valence-electron chi connectivity index (χ2n) is 5.97. The first-order valence-corrected chi connectivity index (χ1v) is 8.44. The lowest BCUT2D eigenvalue weighted by Crippen LogP contribution is -2.38. The third-order valence-electron chi connectivity index (χ3n) is 3.53. The molecule has 1 aromatic carbocycles. The molecule has 1 aromatic rings. The number of hydrogen-bond donors (Lipinski definition) is 3. The van der Waals surface area contributed by atoms with E-state index in [1.54, 1.807) is 13.2 Å². The Kier molecular flexibility index (Phi) is 8.95. The Bertz CT molecular complexity index is 487. The number of phenols is 1. The SMILES string of the molecule is CCNC(=NCCCC(C)C)NCCc1ccc(OC)cc1O. The molecule has 0 aliphatic heterocycles. The summed E-state index contributed by atoms with van der Waals surface area (Å²) in [6, 6.07) is 5.39. The fraction of sp³-hybridized carbons (Fsp3) is 0.611. The van der Waals surface area contributed by atoms with E-state index < -0.39 is 0 Å². The second kappa shape index (κ2) is 10.8.